The molecule has 2 fully saturated rings. The largest absolute Gasteiger partial charge is 0.464 e. The summed E-state index contributed by atoms with van der Waals surface area (Å²) in [6.07, 6.45) is 4.44. The number of rotatable bonds is 10. The lowest BCUT2D eigenvalue weighted by Crippen LogP contribution is -2.61. The average Bonchev–Trinajstić information content (AvgIpc) is 3.53. The van der Waals surface area contributed by atoms with Crippen LogP contribution in [-0.2, 0) is 48.0 Å². The summed E-state index contributed by atoms with van der Waals surface area (Å²) >= 11 is 0. The minimum atomic E-state index is -1.10. The van der Waals surface area contributed by atoms with Gasteiger partial charge in [0.2, 0.25) is 11.8 Å². The number of halogens is 1. The van der Waals surface area contributed by atoms with Crippen LogP contribution in [0.4, 0.5) is 4.39 Å². The third-order valence-corrected chi connectivity index (χ3v) is 12.5. The van der Waals surface area contributed by atoms with Gasteiger partial charge in [-0.2, -0.15) is 0 Å². The highest BCUT2D eigenvalue weighted by Gasteiger charge is 2.37. The summed E-state index contributed by atoms with van der Waals surface area (Å²) in [5.41, 5.74) is 9.80. The number of hydrazine groups is 1. The van der Waals surface area contributed by atoms with Crippen molar-refractivity contribution >= 4 is 34.6 Å². The Bertz CT molecular complexity index is 2350. The fourth-order valence-corrected chi connectivity index (χ4v) is 9.01. The van der Waals surface area contributed by atoms with Crippen LogP contribution >= 0.6 is 0 Å². The van der Waals surface area contributed by atoms with Crippen LogP contribution in [0.25, 0.3) is 33.3 Å². The number of carbonyl (C=O) groups is 4. The normalized spacial score (nSPS) is 20.2. The summed E-state index contributed by atoms with van der Waals surface area (Å²) < 4.78 is 30.3. The van der Waals surface area contributed by atoms with Gasteiger partial charge >= 0.3 is 5.97 Å². The first kappa shape index (κ1) is 44.6. The van der Waals surface area contributed by atoms with E-state index in [2.05, 4.69) is 74.7 Å². The van der Waals surface area contributed by atoms with Crippen molar-refractivity contribution < 1.29 is 33.0 Å². The zero-order valence-corrected chi connectivity index (χ0v) is 37.1. The lowest BCUT2D eigenvalue weighted by Gasteiger charge is -2.39. The molecule has 6 bridgehead atoms. The van der Waals surface area contributed by atoms with Crippen LogP contribution in [0.1, 0.15) is 84.0 Å². The number of amides is 3. The molecule has 7 rings (SSSR count). The Labute approximate surface area is 364 Å². The molecule has 3 aliphatic heterocycles. The number of aromatic nitrogens is 2. The highest BCUT2D eigenvalue weighted by atomic mass is 19.1. The maximum atomic E-state index is 15.9. The number of fused-ring (bicyclic) bond motifs is 6. The van der Waals surface area contributed by atoms with Crippen LogP contribution in [0.5, 0.6) is 0 Å². The molecule has 2 aromatic heterocycles. The third-order valence-electron chi connectivity index (χ3n) is 12.5. The second-order valence-corrected chi connectivity index (χ2v) is 18.5. The predicted molar refractivity (Wildman–Crippen MR) is 237 cm³/mol. The van der Waals surface area contributed by atoms with Crippen LogP contribution in [0, 0.1) is 23.1 Å². The van der Waals surface area contributed by atoms with Crippen LogP contribution in [0.3, 0.4) is 0 Å². The molecule has 330 valence electrons. The van der Waals surface area contributed by atoms with E-state index in [9.17, 15) is 19.2 Å². The van der Waals surface area contributed by atoms with Crippen molar-refractivity contribution in [1.29, 1.82) is 0 Å². The summed E-state index contributed by atoms with van der Waals surface area (Å²) in [6, 6.07) is 13.2. The number of pyridine rings is 1. The number of esters is 1. The smallest absolute Gasteiger partial charge is 0.324 e. The zero-order chi connectivity index (χ0) is 44.5. The number of carbonyl (C=O) groups excluding carboxylic acids is 4. The van der Waals surface area contributed by atoms with Crippen molar-refractivity contribution in [2.45, 2.75) is 105 Å². The molecule has 2 aromatic carbocycles. The monoisotopic (exact) mass is 848 g/mol. The van der Waals surface area contributed by atoms with E-state index in [-0.39, 0.29) is 49.4 Å². The number of hydrogen-bond acceptors (Lipinski definition) is 8. The fraction of sp³-hybridized carbons (Fsp3) is 0.490. The van der Waals surface area contributed by atoms with Crippen LogP contribution < -0.4 is 10.7 Å². The Hall–Kier alpha value is -5.40. The van der Waals surface area contributed by atoms with Crippen LogP contribution in [0.2, 0.25) is 0 Å². The van der Waals surface area contributed by atoms with Crippen molar-refractivity contribution in [3.8, 4) is 22.4 Å². The summed E-state index contributed by atoms with van der Waals surface area (Å²) in [7, 11) is 0. The van der Waals surface area contributed by atoms with Gasteiger partial charge in [-0.25, -0.2) is 9.82 Å². The lowest BCUT2D eigenvalue weighted by molar-refractivity contribution is -0.155. The summed E-state index contributed by atoms with van der Waals surface area (Å²) in [4.78, 5) is 60.9. The van der Waals surface area contributed by atoms with E-state index in [0.29, 0.717) is 56.6 Å². The molecule has 0 spiro atoms. The number of aryl methyl sites for hydroxylation is 1. The number of likely N-dealkylation sites (tertiary alicyclic amines) is 1. The highest BCUT2D eigenvalue weighted by molar-refractivity contribution is 5.95. The molecule has 5 heterocycles. The molecule has 0 aliphatic carbocycles. The SMILES string of the molecule is C=CC(=O)N1CC(OC[C@H](C(=O)N[C@H]2Cc3cc(F)cc(c3)-c3ccc4c(c3)c(c(-c3cccnc3C(C)C)n4CC)CC(C)(C)COC(=O)[C@@H]3CCCN(N3)C2=O)C(C)C)C1. The Morgan fingerprint density at radius 1 is 1.10 bits per heavy atom. The molecule has 62 heavy (non-hydrogen) atoms. The van der Waals surface area contributed by atoms with Crippen molar-refractivity contribution in [3.05, 3.63) is 90.0 Å². The number of nitrogens with one attached hydrogen (secondary N) is 2. The topological polar surface area (TPSA) is 135 Å². The van der Waals surface area contributed by atoms with Gasteiger partial charge in [0.15, 0.2) is 0 Å². The Kier molecular flexibility index (Phi) is 13.3. The molecule has 12 nitrogen and oxygen atoms in total. The first-order valence-electron chi connectivity index (χ1n) is 22.0. The molecular weight excluding hydrogens is 788 g/mol. The molecule has 2 N–H and O–H groups in total. The van der Waals surface area contributed by atoms with E-state index in [1.807, 2.05) is 38.2 Å². The van der Waals surface area contributed by atoms with E-state index in [4.69, 9.17) is 14.5 Å². The first-order chi connectivity index (χ1) is 29.6. The Morgan fingerprint density at radius 2 is 1.87 bits per heavy atom. The quantitative estimate of drug-likeness (QED) is 0.129. The number of hydrogen-bond donors (Lipinski definition) is 2. The van der Waals surface area contributed by atoms with E-state index in [1.165, 1.54) is 23.2 Å². The Morgan fingerprint density at radius 3 is 2.58 bits per heavy atom. The van der Waals surface area contributed by atoms with Gasteiger partial charge in [0.1, 0.15) is 17.9 Å². The predicted octanol–water partition coefficient (Wildman–Crippen LogP) is 6.99. The zero-order valence-electron chi connectivity index (χ0n) is 37.1. The third kappa shape index (κ3) is 9.49. The van der Waals surface area contributed by atoms with Gasteiger partial charge in [-0.15, -0.1) is 0 Å². The molecule has 3 atom stereocenters. The van der Waals surface area contributed by atoms with Crippen molar-refractivity contribution in [2.75, 3.05) is 32.8 Å². The second-order valence-electron chi connectivity index (χ2n) is 18.5. The van der Waals surface area contributed by atoms with Gasteiger partial charge in [-0.05, 0) is 103 Å². The molecule has 0 saturated carbocycles. The van der Waals surface area contributed by atoms with E-state index >= 15 is 4.39 Å². The summed E-state index contributed by atoms with van der Waals surface area (Å²) in [5.74, 6) is -2.52. The van der Waals surface area contributed by atoms with Gasteiger partial charge in [0.05, 0.1) is 36.6 Å². The van der Waals surface area contributed by atoms with Gasteiger partial charge in [-0.1, -0.05) is 60.3 Å². The molecule has 4 aromatic rings. The molecule has 2 saturated heterocycles. The fourth-order valence-electron chi connectivity index (χ4n) is 9.01. The number of cyclic esters (lactones) is 1. The number of benzene rings is 2. The minimum Gasteiger partial charge on any atom is -0.464 e. The van der Waals surface area contributed by atoms with E-state index in [0.717, 1.165) is 39.0 Å². The van der Waals surface area contributed by atoms with Gasteiger partial charge in [0, 0.05) is 60.7 Å². The number of ether oxygens (including phenoxy) is 2. The molecule has 3 aliphatic rings. The van der Waals surface area contributed by atoms with Gasteiger partial charge in [0.25, 0.3) is 5.91 Å². The average molecular weight is 849 g/mol. The van der Waals surface area contributed by atoms with Crippen molar-refractivity contribution in [3.63, 3.8) is 0 Å². The highest BCUT2D eigenvalue weighted by Crippen LogP contribution is 2.42. The Balaban J connectivity index is 1.29. The molecule has 0 radical (unpaired) electrons. The van der Waals surface area contributed by atoms with Crippen LogP contribution in [-0.4, -0.2) is 94.2 Å². The molecule has 13 heteroatoms. The molecule has 3 amide bonds. The first-order valence-corrected chi connectivity index (χ1v) is 22.0. The maximum absolute atomic E-state index is 15.9. The van der Waals surface area contributed by atoms with E-state index < -0.39 is 41.1 Å². The lowest BCUT2D eigenvalue weighted by atomic mass is 9.83. The van der Waals surface area contributed by atoms with Crippen molar-refractivity contribution in [2.24, 2.45) is 17.3 Å². The molecule has 0 unspecified atom stereocenters. The minimum absolute atomic E-state index is 0.00736. The summed E-state index contributed by atoms with van der Waals surface area (Å²) in [5, 5.41) is 5.42. The van der Waals surface area contributed by atoms with E-state index in [1.54, 1.807) is 4.90 Å². The van der Waals surface area contributed by atoms with Crippen molar-refractivity contribution in [1.82, 2.24) is 30.2 Å². The van der Waals surface area contributed by atoms with Gasteiger partial charge < -0.3 is 24.3 Å². The maximum Gasteiger partial charge on any atom is 0.324 e. The van der Waals surface area contributed by atoms with Gasteiger partial charge in [-0.3, -0.25) is 29.2 Å². The number of nitrogens with zero attached hydrogens (tertiary/aromatic N) is 4. The standard InChI is InChI=1S/C49H61FN6O6/c1-9-43(57)54-25-35(26-54)61-27-39(29(3)4)46(58)52-41-21-31-19-33(22-34(50)20-31)32-15-16-42-37(23-32)38(45(55(42)10-2)36-13-11-17-51-44(36)30(5)6)24-49(7,8)28-62-48(60)40-14-12-18-56(53-40)47(41)59/h9,11,13,15-17,19-20,22-23,29-30,35,39-41,53H,1,10,12,14,18,21,24-28H2,2-8H3,(H,52,58)/t39-,40-,41-/m0/s1. The second kappa shape index (κ2) is 18.5. The van der Waals surface area contributed by atoms with Crippen LogP contribution in [0.15, 0.2) is 67.4 Å². The summed E-state index contributed by atoms with van der Waals surface area (Å²) in [6.45, 7) is 20.0. The molecular formula is C49H61FN6O6.